The van der Waals surface area contributed by atoms with Gasteiger partial charge in [0.2, 0.25) is 0 Å². The van der Waals surface area contributed by atoms with Crippen LogP contribution in [0.4, 0.5) is 10.5 Å². The van der Waals surface area contributed by atoms with Crippen LogP contribution in [0, 0.1) is 6.92 Å². The van der Waals surface area contributed by atoms with Crippen LogP contribution < -0.4 is 10.6 Å². The van der Waals surface area contributed by atoms with Crippen molar-refractivity contribution in [2.75, 3.05) is 18.4 Å². The highest BCUT2D eigenvalue weighted by molar-refractivity contribution is 7.11. The first-order valence-electron chi connectivity index (χ1n) is 8.50. The van der Waals surface area contributed by atoms with Crippen molar-refractivity contribution in [2.24, 2.45) is 0 Å². The Kier molecular flexibility index (Phi) is 4.24. The van der Waals surface area contributed by atoms with Crippen molar-refractivity contribution in [3.05, 3.63) is 45.4 Å². The number of piperidine rings is 1. The summed E-state index contributed by atoms with van der Waals surface area (Å²) < 4.78 is 0. The largest absolute Gasteiger partial charge is 0.324 e. The Morgan fingerprint density at radius 1 is 1.38 bits per heavy atom. The second kappa shape index (κ2) is 6.53. The Bertz CT molecular complexity index is 757. The Hall–Kier alpha value is -1.92. The number of hydrogen-bond acceptors (Lipinski definition) is 4. The fraction of sp³-hybridized carbons (Fsp3) is 0.444. The summed E-state index contributed by atoms with van der Waals surface area (Å²) in [5.74, 6) is 0.368. The lowest BCUT2D eigenvalue weighted by molar-refractivity contribution is 0.192. The van der Waals surface area contributed by atoms with Crippen LogP contribution in [-0.4, -0.2) is 29.0 Å². The lowest BCUT2D eigenvalue weighted by atomic mass is 9.99. The van der Waals surface area contributed by atoms with E-state index in [4.69, 9.17) is 0 Å². The molecule has 4 rings (SSSR count). The number of amides is 2. The van der Waals surface area contributed by atoms with Gasteiger partial charge in [0.1, 0.15) is 0 Å². The van der Waals surface area contributed by atoms with Crippen LogP contribution in [0.25, 0.3) is 0 Å². The number of urea groups is 1. The molecular formula is C18H22N4OS. The third-order valence-corrected chi connectivity index (χ3v) is 5.86. The third kappa shape index (κ3) is 3.16. The summed E-state index contributed by atoms with van der Waals surface area (Å²) >= 11 is 1.75. The minimum Gasteiger partial charge on any atom is -0.324 e. The van der Waals surface area contributed by atoms with E-state index in [0.29, 0.717) is 5.92 Å². The molecule has 1 fully saturated rings. The maximum atomic E-state index is 12.6. The van der Waals surface area contributed by atoms with Gasteiger partial charge in [0, 0.05) is 48.9 Å². The molecule has 1 saturated heterocycles. The second-order valence-corrected chi connectivity index (χ2v) is 7.88. The van der Waals surface area contributed by atoms with Gasteiger partial charge in [-0.3, -0.25) is 0 Å². The molecule has 0 aliphatic carbocycles. The van der Waals surface area contributed by atoms with E-state index in [-0.39, 0.29) is 6.03 Å². The number of benzene rings is 1. The topological polar surface area (TPSA) is 57.3 Å². The van der Waals surface area contributed by atoms with Crippen molar-refractivity contribution in [1.82, 2.24) is 15.2 Å². The van der Waals surface area contributed by atoms with Gasteiger partial charge in [0.05, 0.1) is 5.01 Å². The first-order chi connectivity index (χ1) is 11.7. The summed E-state index contributed by atoms with van der Waals surface area (Å²) in [5.41, 5.74) is 3.49. The van der Waals surface area contributed by atoms with E-state index in [1.54, 1.807) is 11.3 Å². The normalized spacial score (nSPS) is 20.0. The minimum absolute atomic E-state index is 0.00103. The van der Waals surface area contributed by atoms with E-state index in [1.807, 2.05) is 17.2 Å². The van der Waals surface area contributed by atoms with Gasteiger partial charge in [-0.15, -0.1) is 11.3 Å². The van der Waals surface area contributed by atoms with Crippen LogP contribution >= 0.6 is 11.3 Å². The van der Waals surface area contributed by atoms with E-state index >= 15 is 0 Å². The number of fused-ring (bicyclic) bond motifs is 1. The summed E-state index contributed by atoms with van der Waals surface area (Å²) in [6.45, 7) is 5.46. The van der Waals surface area contributed by atoms with Crippen LogP contribution in [-0.2, 0) is 13.1 Å². The maximum Gasteiger partial charge on any atom is 0.321 e. The number of thiazole rings is 1. The van der Waals surface area contributed by atoms with Gasteiger partial charge in [-0.1, -0.05) is 6.07 Å². The van der Waals surface area contributed by atoms with Crippen LogP contribution in [0.5, 0.6) is 0 Å². The van der Waals surface area contributed by atoms with Gasteiger partial charge < -0.3 is 15.5 Å². The Labute approximate surface area is 146 Å². The number of hydrogen-bond donors (Lipinski definition) is 2. The summed E-state index contributed by atoms with van der Waals surface area (Å²) in [5, 5.41) is 7.55. The van der Waals surface area contributed by atoms with Crippen LogP contribution in [0.15, 0.2) is 24.4 Å². The SMILES string of the molecule is Cc1cnc([C@H]2CCCN(C(=O)Nc3ccc4c(c3)CNC4)C2)s1. The molecule has 3 heterocycles. The molecule has 6 heteroatoms. The number of carbonyl (C=O) groups is 1. The molecule has 2 aromatic rings. The van der Waals surface area contributed by atoms with E-state index in [2.05, 4.69) is 34.7 Å². The number of anilines is 1. The molecule has 1 aromatic heterocycles. The number of nitrogens with zero attached hydrogens (tertiary/aromatic N) is 2. The fourth-order valence-electron chi connectivity index (χ4n) is 3.50. The van der Waals surface area contributed by atoms with Crippen molar-refractivity contribution in [2.45, 2.75) is 38.8 Å². The first kappa shape index (κ1) is 15.6. The zero-order chi connectivity index (χ0) is 16.5. The second-order valence-electron chi connectivity index (χ2n) is 6.61. The minimum atomic E-state index is -0.00103. The van der Waals surface area contributed by atoms with Crippen LogP contribution in [0.2, 0.25) is 0 Å². The van der Waals surface area contributed by atoms with Gasteiger partial charge in [-0.05, 0) is 43.0 Å². The number of rotatable bonds is 2. The fourth-order valence-corrected chi connectivity index (χ4v) is 4.40. The molecule has 2 N–H and O–H groups in total. The highest BCUT2D eigenvalue weighted by atomic mass is 32.1. The average molecular weight is 342 g/mol. The van der Waals surface area contributed by atoms with Crippen molar-refractivity contribution >= 4 is 23.1 Å². The highest BCUT2D eigenvalue weighted by Crippen LogP contribution is 2.30. The lowest BCUT2D eigenvalue weighted by Gasteiger charge is -2.31. The number of aromatic nitrogens is 1. The molecule has 2 aliphatic rings. The molecule has 1 aromatic carbocycles. The molecule has 0 bridgehead atoms. The van der Waals surface area contributed by atoms with Crippen molar-refractivity contribution in [3.8, 4) is 0 Å². The number of carbonyl (C=O) groups excluding carboxylic acids is 1. The molecule has 1 atom stereocenters. The van der Waals surface area contributed by atoms with E-state index < -0.39 is 0 Å². The molecule has 24 heavy (non-hydrogen) atoms. The third-order valence-electron chi connectivity index (χ3n) is 4.79. The zero-order valence-electron chi connectivity index (χ0n) is 13.8. The molecule has 0 spiro atoms. The Morgan fingerprint density at radius 3 is 3.08 bits per heavy atom. The first-order valence-corrected chi connectivity index (χ1v) is 9.31. The molecule has 0 radical (unpaired) electrons. The number of nitrogens with one attached hydrogen (secondary N) is 2. The molecule has 0 unspecified atom stereocenters. The predicted molar refractivity (Wildman–Crippen MR) is 96.4 cm³/mol. The predicted octanol–water partition coefficient (Wildman–Crippen LogP) is 3.47. The lowest BCUT2D eigenvalue weighted by Crippen LogP contribution is -2.41. The van der Waals surface area contributed by atoms with Crippen molar-refractivity contribution in [1.29, 1.82) is 0 Å². The summed E-state index contributed by atoms with van der Waals surface area (Å²) in [4.78, 5) is 20.3. The van der Waals surface area contributed by atoms with Crippen molar-refractivity contribution in [3.63, 3.8) is 0 Å². The Balaban J connectivity index is 1.42. The average Bonchev–Trinajstić information content (AvgIpc) is 3.23. The molecule has 126 valence electrons. The zero-order valence-corrected chi connectivity index (χ0v) is 14.7. The number of aryl methyl sites for hydroxylation is 1. The molecule has 2 amide bonds. The van der Waals surface area contributed by atoms with Crippen molar-refractivity contribution < 1.29 is 4.79 Å². The molecule has 5 nitrogen and oxygen atoms in total. The van der Waals surface area contributed by atoms with Gasteiger partial charge >= 0.3 is 6.03 Å². The summed E-state index contributed by atoms with van der Waals surface area (Å²) in [6.07, 6.45) is 4.07. The van der Waals surface area contributed by atoms with Gasteiger partial charge in [0.25, 0.3) is 0 Å². The van der Waals surface area contributed by atoms with Gasteiger partial charge in [0.15, 0.2) is 0 Å². The van der Waals surface area contributed by atoms with E-state index in [9.17, 15) is 4.79 Å². The molecular weight excluding hydrogens is 320 g/mol. The monoisotopic (exact) mass is 342 g/mol. The number of likely N-dealkylation sites (tertiary alicyclic amines) is 1. The smallest absolute Gasteiger partial charge is 0.321 e. The quantitative estimate of drug-likeness (QED) is 0.879. The Morgan fingerprint density at radius 2 is 2.25 bits per heavy atom. The van der Waals surface area contributed by atoms with Crippen LogP contribution in [0.3, 0.4) is 0 Å². The van der Waals surface area contributed by atoms with Gasteiger partial charge in [-0.2, -0.15) is 0 Å². The van der Waals surface area contributed by atoms with E-state index in [1.165, 1.54) is 16.0 Å². The van der Waals surface area contributed by atoms with Crippen LogP contribution in [0.1, 0.15) is 39.8 Å². The summed E-state index contributed by atoms with van der Waals surface area (Å²) in [7, 11) is 0. The van der Waals surface area contributed by atoms with E-state index in [0.717, 1.165) is 49.7 Å². The maximum absolute atomic E-state index is 12.6. The molecule has 2 aliphatic heterocycles. The highest BCUT2D eigenvalue weighted by Gasteiger charge is 2.26. The van der Waals surface area contributed by atoms with Gasteiger partial charge in [-0.25, -0.2) is 9.78 Å². The molecule has 0 saturated carbocycles. The standard InChI is InChI=1S/C18H22N4OS/c1-12-8-20-17(24-12)14-3-2-6-22(11-14)18(23)21-16-5-4-13-9-19-10-15(13)7-16/h4-5,7-8,14,19H,2-3,6,9-11H2,1H3,(H,21,23)/t14-/m0/s1. The summed E-state index contributed by atoms with van der Waals surface area (Å²) in [6, 6.07) is 6.18.